The summed E-state index contributed by atoms with van der Waals surface area (Å²) >= 11 is 0. The Hall–Kier alpha value is -1.72. The molecule has 3 heterocycles. The van der Waals surface area contributed by atoms with E-state index in [1.54, 1.807) is 0 Å². The minimum absolute atomic E-state index is 0.406. The lowest BCUT2D eigenvalue weighted by molar-refractivity contribution is 0.0552. The smallest absolute Gasteiger partial charge is 0.0622 e. The lowest BCUT2D eigenvalue weighted by Crippen LogP contribution is -2.37. The van der Waals surface area contributed by atoms with E-state index in [4.69, 9.17) is 4.74 Å². The topological polar surface area (TPSA) is 43.2 Å². The Morgan fingerprint density at radius 1 is 1.32 bits per heavy atom. The highest BCUT2D eigenvalue weighted by molar-refractivity contribution is 5.18. The third-order valence-electron chi connectivity index (χ3n) is 4.35. The second kappa shape index (κ2) is 7.03. The molecule has 0 radical (unpaired) electrons. The normalized spacial score (nSPS) is 18.9. The number of aryl methyl sites for hydroxylation is 2. The van der Waals surface area contributed by atoms with Gasteiger partial charge in [-0.25, -0.2) is 0 Å². The van der Waals surface area contributed by atoms with Crippen molar-refractivity contribution in [2.24, 2.45) is 0 Å². The van der Waals surface area contributed by atoms with Crippen molar-refractivity contribution in [3.05, 3.63) is 47.5 Å². The molecule has 0 unspecified atom stereocenters. The van der Waals surface area contributed by atoms with E-state index in [1.165, 1.54) is 11.3 Å². The Kier molecular flexibility index (Phi) is 4.85. The Bertz CT molecular complexity index is 610. The van der Waals surface area contributed by atoms with E-state index in [-0.39, 0.29) is 0 Å². The average molecular weight is 300 g/mol. The third-order valence-corrected chi connectivity index (χ3v) is 4.35. The van der Waals surface area contributed by atoms with Crippen molar-refractivity contribution in [3.8, 4) is 0 Å². The van der Waals surface area contributed by atoms with Crippen LogP contribution in [-0.2, 0) is 24.4 Å². The lowest BCUT2D eigenvalue weighted by atomic mass is 10.1. The molecule has 0 N–H and O–H groups in total. The highest BCUT2D eigenvalue weighted by atomic mass is 16.5. The molecule has 0 saturated heterocycles. The van der Waals surface area contributed by atoms with Gasteiger partial charge in [-0.1, -0.05) is 6.07 Å². The van der Waals surface area contributed by atoms with E-state index in [0.717, 1.165) is 45.0 Å². The van der Waals surface area contributed by atoms with Crippen LogP contribution in [0.5, 0.6) is 0 Å². The van der Waals surface area contributed by atoms with E-state index in [2.05, 4.69) is 45.6 Å². The molecule has 0 aromatic carbocycles. The summed E-state index contributed by atoms with van der Waals surface area (Å²) in [5, 5.41) is 4.42. The van der Waals surface area contributed by atoms with Gasteiger partial charge >= 0.3 is 0 Å². The van der Waals surface area contributed by atoms with E-state index in [9.17, 15) is 0 Å². The fourth-order valence-corrected chi connectivity index (χ4v) is 2.99. The van der Waals surface area contributed by atoms with Gasteiger partial charge in [-0.3, -0.25) is 14.6 Å². The summed E-state index contributed by atoms with van der Waals surface area (Å²) in [4.78, 5) is 7.03. The molecule has 0 amide bonds. The highest BCUT2D eigenvalue weighted by Crippen LogP contribution is 2.20. The zero-order valence-electron chi connectivity index (χ0n) is 13.4. The first kappa shape index (κ1) is 15.2. The molecular weight excluding hydrogens is 276 g/mol. The molecule has 0 saturated carbocycles. The molecule has 1 aliphatic rings. The second-order valence-electron chi connectivity index (χ2n) is 5.82. The van der Waals surface area contributed by atoms with Crippen molar-refractivity contribution in [1.82, 2.24) is 19.7 Å². The number of aromatic nitrogens is 3. The van der Waals surface area contributed by atoms with Crippen molar-refractivity contribution < 1.29 is 4.74 Å². The van der Waals surface area contributed by atoms with Gasteiger partial charge in [0.05, 0.1) is 18.0 Å². The van der Waals surface area contributed by atoms with Crippen LogP contribution >= 0.6 is 0 Å². The van der Waals surface area contributed by atoms with Gasteiger partial charge in [0, 0.05) is 44.7 Å². The second-order valence-corrected chi connectivity index (χ2v) is 5.82. The van der Waals surface area contributed by atoms with Gasteiger partial charge < -0.3 is 4.74 Å². The molecule has 0 spiro atoms. The number of pyridine rings is 1. The molecular formula is C17H24N4O. The fourth-order valence-electron chi connectivity index (χ4n) is 2.99. The Labute approximate surface area is 131 Å². The Morgan fingerprint density at radius 2 is 2.23 bits per heavy atom. The zero-order valence-corrected chi connectivity index (χ0v) is 13.4. The summed E-state index contributed by atoms with van der Waals surface area (Å²) in [7, 11) is 0. The number of fused-ring (bicyclic) bond motifs is 1. The molecule has 5 heteroatoms. The fraction of sp³-hybridized carbons (Fsp3) is 0.529. The van der Waals surface area contributed by atoms with Gasteiger partial charge in [0.1, 0.15) is 0 Å². The standard InChI is InChI=1S/C17H24N4O/c1-3-22-13-16-7-10-21-15(6-9-19-21)11-20(16)12-17-14(2)5-4-8-18-17/h4-6,8-9,16H,3,7,10-13H2,1-2H3/t16-/m1/s1. The number of hydrogen-bond donors (Lipinski definition) is 0. The quantitative estimate of drug-likeness (QED) is 0.850. The van der Waals surface area contributed by atoms with E-state index < -0.39 is 0 Å². The van der Waals surface area contributed by atoms with Gasteiger partial charge in [0.2, 0.25) is 0 Å². The van der Waals surface area contributed by atoms with Crippen LogP contribution in [0.15, 0.2) is 30.6 Å². The summed E-state index contributed by atoms with van der Waals surface area (Å²) < 4.78 is 7.83. The molecule has 1 aliphatic heterocycles. The van der Waals surface area contributed by atoms with Crippen LogP contribution in [-0.4, -0.2) is 38.9 Å². The minimum Gasteiger partial charge on any atom is -0.380 e. The minimum atomic E-state index is 0.406. The van der Waals surface area contributed by atoms with Crippen LogP contribution < -0.4 is 0 Å². The molecule has 2 aromatic rings. The lowest BCUT2D eigenvalue weighted by Gasteiger charge is -2.29. The third kappa shape index (κ3) is 3.36. The number of ether oxygens (including phenoxy) is 1. The molecule has 2 aromatic heterocycles. The molecule has 0 fully saturated rings. The predicted octanol–water partition coefficient (Wildman–Crippen LogP) is 2.40. The van der Waals surface area contributed by atoms with E-state index in [1.807, 2.05) is 18.5 Å². The SMILES string of the molecule is CCOC[C@H]1CCn2nccc2CN1Cc1ncccc1C. The van der Waals surface area contributed by atoms with Crippen LogP contribution in [0.4, 0.5) is 0 Å². The first-order chi connectivity index (χ1) is 10.8. The van der Waals surface area contributed by atoms with Gasteiger partial charge in [-0.05, 0) is 38.0 Å². The molecule has 5 nitrogen and oxygen atoms in total. The van der Waals surface area contributed by atoms with Crippen LogP contribution in [0, 0.1) is 6.92 Å². The molecule has 3 rings (SSSR count). The van der Waals surface area contributed by atoms with Crippen molar-refractivity contribution in [2.45, 2.75) is 45.9 Å². The molecule has 1 atom stereocenters. The van der Waals surface area contributed by atoms with Crippen LogP contribution in [0.25, 0.3) is 0 Å². The highest BCUT2D eigenvalue weighted by Gasteiger charge is 2.25. The molecule has 22 heavy (non-hydrogen) atoms. The van der Waals surface area contributed by atoms with Gasteiger partial charge in [0.25, 0.3) is 0 Å². The Morgan fingerprint density at radius 3 is 3.05 bits per heavy atom. The summed E-state index contributed by atoms with van der Waals surface area (Å²) in [6.45, 7) is 8.42. The van der Waals surface area contributed by atoms with Gasteiger partial charge in [-0.2, -0.15) is 5.10 Å². The van der Waals surface area contributed by atoms with Gasteiger partial charge in [-0.15, -0.1) is 0 Å². The molecule has 0 bridgehead atoms. The maximum absolute atomic E-state index is 5.71. The maximum atomic E-state index is 5.71. The summed E-state index contributed by atoms with van der Waals surface area (Å²) in [5.41, 5.74) is 3.67. The van der Waals surface area contributed by atoms with Crippen molar-refractivity contribution in [3.63, 3.8) is 0 Å². The van der Waals surface area contributed by atoms with Crippen molar-refractivity contribution >= 4 is 0 Å². The Balaban J connectivity index is 1.80. The van der Waals surface area contributed by atoms with Crippen molar-refractivity contribution in [2.75, 3.05) is 13.2 Å². The first-order valence-electron chi connectivity index (χ1n) is 8.01. The van der Waals surface area contributed by atoms with Crippen LogP contribution in [0.1, 0.15) is 30.3 Å². The van der Waals surface area contributed by atoms with Crippen LogP contribution in [0.3, 0.4) is 0 Å². The zero-order chi connectivity index (χ0) is 15.4. The summed E-state index contributed by atoms with van der Waals surface area (Å²) in [6.07, 6.45) is 4.82. The van der Waals surface area contributed by atoms with E-state index in [0.29, 0.717) is 6.04 Å². The maximum Gasteiger partial charge on any atom is 0.0622 e. The monoisotopic (exact) mass is 300 g/mol. The number of rotatable bonds is 5. The number of hydrogen-bond acceptors (Lipinski definition) is 4. The summed E-state index contributed by atoms with van der Waals surface area (Å²) in [5.74, 6) is 0. The van der Waals surface area contributed by atoms with E-state index >= 15 is 0 Å². The van der Waals surface area contributed by atoms with Crippen molar-refractivity contribution in [1.29, 1.82) is 0 Å². The van der Waals surface area contributed by atoms with Gasteiger partial charge in [0.15, 0.2) is 0 Å². The summed E-state index contributed by atoms with van der Waals surface area (Å²) in [6, 6.07) is 6.64. The first-order valence-corrected chi connectivity index (χ1v) is 8.01. The molecule has 118 valence electrons. The average Bonchev–Trinajstić information content (AvgIpc) is 2.90. The largest absolute Gasteiger partial charge is 0.380 e. The van der Waals surface area contributed by atoms with Crippen LogP contribution in [0.2, 0.25) is 0 Å². The predicted molar refractivity (Wildman–Crippen MR) is 85.3 cm³/mol. The number of nitrogens with zero attached hydrogens (tertiary/aromatic N) is 4. The molecule has 0 aliphatic carbocycles.